The predicted molar refractivity (Wildman–Crippen MR) is 107 cm³/mol. The first-order chi connectivity index (χ1) is 12.2. The summed E-state index contributed by atoms with van der Waals surface area (Å²) in [5.41, 5.74) is 12.8. The standard InChI is InChI=1S/C24H27N2/c1-14-11-22(26(7)13-16(14)3)19-12-20-18-9-8-17(4)25-23(18)24(5,6)21(20)10-15(19)2/h8-13H,1-7H3/q+1. The van der Waals surface area contributed by atoms with Crippen molar-refractivity contribution in [2.24, 2.45) is 7.05 Å². The molecule has 0 N–H and O–H groups in total. The Morgan fingerprint density at radius 2 is 1.54 bits per heavy atom. The molecule has 2 heteroatoms. The molecule has 0 unspecified atom stereocenters. The van der Waals surface area contributed by atoms with E-state index in [2.05, 4.69) is 89.7 Å². The predicted octanol–water partition coefficient (Wildman–Crippen LogP) is 5.11. The van der Waals surface area contributed by atoms with Crippen LogP contribution in [-0.4, -0.2) is 4.98 Å². The Morgan fingerprint density at radius 3 is 2.27 bits per heavy atom. The van der Waals surface area contributed by atoms with Crippen molar-refractivity contribution in [3.8, 4) is 22.4 Å². The smallest absolute Gasteiger partial charge is 0.212 e. The van der Waals surface area contributed by atoms with Crippen LogP contribution in [0.15, 0.2) is 36.5 Å². The molecular formula is C24H27N2+. The maximum Gasteiger partial charge on any atom is 0.212 e. The molecule has 3 aromatic rings. The molecule has 2 aromatic heterocycles. The van der Waals surface area contributed by atoms with Crippen LogP contribution in [0.2, 0.25) is 0 Å². The molecule has 1 aliphatic rings. The summed E-state index contributed by atoms with van der Waals surface area (Å²) in [6.07, 6.45) is 2.22. The zero-order valence-electron chi connectivity index (χ0n) is 16.9. The molecular weight excluding hydrogens is 316 g/mol. The lowest BCUT2D eigenvalue weighted by molar-refractivity contribution is -0.660. The van der Waals surface area contributed by atoms with Gasteiger partial charge in [-0.3, -0.25) is 4.98 Å². The number of rotatable bonds is 1. The Labute approximate surface area is 156 Å². The number of nitrogens with zero attached hydrogens (tertiary/aromatic N) is 2. The molecule has 0 bridgehead atoms. The zero-order valence-corrected chi connectivity index (χ0v) is 16.9. The first-order valence-corrected chi connectivity index (χ1v) is 9.31. The van der Waals surface area contributed by atoms with Crippen molar-refractivity contribution in [3.63, 3.8) is 0 Å². The second-order valence-corrected chi connectivity index (χ2v) is 8.32. The Morgan fingerprint density at radius 1 is 0.808 bits per heavy atom. The van der Waals surface area contributed by atoms with Crippen LogP contribution in [0, 0.1) is 27.7 Å². The van der Waals surface area contributed by atoms with Crippen LogP contribution in [-0.2, 0) is 12.5 Å². The van der Waals surface area contributed by atoms with E-state index in [-0.39, 0.29) is 5.41 Å². The van der Waals surface area contributed by atoms with E-state index in [9.17, 15) is 0 Å². The van der Waals surface area contributed by atoms with Crippen molar-refractivity contribution >= 4 is 0 Å². The van der Waals surface area contributed by atoms with Crippen LogP contribution in [0.4, 0.5) is 0 Å². The number of aryl methyl sites for hydroxylation is 5. The lowest BCUT2D eigenvalue weighted by Gasteiger charge is -2.21. The van der Waals surface area contributed by atoms with Gasteiger partial charge in [-0.1, -0.05) is 26.0 Å². The van der Waals surface area contributed by atoms with E-state index in [0.29, 0.717) is 0 Å². The molecule has 0 saturated carbocycles. The lowest BCUT2D eigenvalue weighted by atomic mass is 9.83. The fraction of sp³-hybridized carbons (Fsp3) is 0.333. The molecule has 132 valence electrons. The highest BCUT2D eigenvalue weighted by Crippen LogP contribution is 2.49. The van der Waals surface area contributed by atoms with E-state index >= 15 is 0 Å². The van der Waals surface area contributed by atoms with Crippen LogP contribution < -0.4 is 4.57 Å². The van der Waals surface area contributed by atoms with Gasteiger partial charge >= 0.3 is 0 Å². The molecule has 0 fully saturated rings. The topological polar surface area (TPSA) is 16.8 Å². The fourth-order valence-corrected chi connectivity index (χ4v) is 4.25. The van der Waals surface area contributed by atoms with Gasteiger partial charge in [-0.05, 0) is 62.1 Å². The van der Waals surface area contributed by atoms with Crippen molar-refractivity contribution in [2.75, 3.05) is 0 Å². The zero-order chi connectivity index (χ0) is 18.8. The van der Waals surface area contributed by atoms with E-state index in [1.54, 1.807) is 0 Å². The molecule has 4 rings (SSSR count). The minimum absolute atomic E-state index is 0.0502. The number of aromatic nitrogens is 2. The fourth-order valence-electron chi connectivity index (χ4n) is 4.25. The van der Waals surface area contributed by atoms with E-state index in [1.165, 1.54) is 50.3 Å². The maximum atomic E-state index is 4.89. The number of benzene rings is 1. The van der Waals surface area contributed by atoms with Gasteiger partial charge in [-0.15, -0.1) is 0 Å². The largest absolute Gasteiger partial charge is 0.257 e. The molecule has 0 atom stereocenters. The van der Waals surface area contributed by atoms with Crippen LogP contribution in [0.25, 0.3) is 22.4 Å². The molecule has 2 nitrogen and oxygen atoms in total. The molecule has 0 aliphatic heterocycles. The van der Waals surface area contributed by atoms with Gasteiger partial charge in [0.2, 0.25) is 5.69 Å². The molecule has 2 heterocycles. The van der Waals surface area contributed by atoms with E-state index in [1.807, 2.05) is 0 Å². The summed E-state index contributed by atoms with van der Waals surface area (Å²) in [4.78, 5) is 4.89. The highest BCUT2D eigenvalue weighted by Gasteiger charge is 2.38. The second-order valence-electron chi connectivity index (χ2n) is 8.32. The highest BCUT2D eigenvalue weighted by atomic mass is 14.9. The van der Waals surface area contributed by atoms with Crippen molar-refractivity contribution in [1.82, 2.24) is 4.98 Å². The Bertz CT molecular complexity index is 1060. The Kier molecular flexibility index (Phi) is 3.59. The Balaban J connectivity index is 2.00. The van der Waals surface area contributed by atoms with E-state index in [0.717, 1.165) is 5.69 Å². The molecule has 0 radical (unpaired) electrons. The van der Waals surface area contributed by atoms with Crippen molar-refractivity contribution < 1.29 is 4.57 Å². The third-order valence-electron chi connectivity index (χ3n) is 5.97. The van der Waals surface area contributed by atoms with Gasteiger partial charge in [-0.25, -0.2) is 4.57 Å². The van der Waals surface area contributed by atoms with Gasteiger partial charge in [0.05, 0.1) is 5.69 Å². The summed E-state index contributed by atoms with van der Waals surface area (Å²) in [7, 11) is 2.14. The summed E-state index contributed by atoms with van der Waals surface area (Å²) in [5, 5.41) is 0. The summed E-state index contributed by atoms with van der Waals surface area (Å²) < 4.78 is 2.24. The molecule has 0 amide bonds. The van der Waals surface area contributed by atoms with Crippen LogP contribution >= 0.6 is 0 Å². The van der Waals surface area contributed by atoms with Crippen LogP contribution in [0.5, 0.6) is 0 Å². The normalized spacial score (nSPS) is 14.3. The van der Waals surface area contributed by atoms with Gasteiger partial charge in [0.15, 0.2) is 6.20 Å². The Hall–Kier alpha value is -2.48. The van der Waals surface area contributed by atoms with Crippen molar-refractivity contribution in [2.45, 2.75) is 47.0 Å². The molecule has 1 aliphatic carbocycles. The van der Waals surface area contributed by atoms with Gasteiger partial charge < -0.3 is 0 Å². The molecule has 1 aromatic carbocycles. The maximum absolute atomic E-state index is 4.89. The minimum Gasteiger partial charge on any atom is -0.257 e. The third kappa shape index (κ3) is 2.32. The quantitative estimate of drug-likeness (QED) is 0.561. The van der Waals surface area contributed by atoms with Crippen molar-refractivity contribution in [3.05, 3.63) is 70.2 Å². The third-order valence-corrected chi connectivity index (χ3v) is 5.97. The minimum atomic E-state index is -0.0502. The second kappa shape index (κ2) is 5.51. The van der Waals surface area contributed by atoms with Crippen molar-refractivity contribution in [1.29, 1.82) is 0 Å². The molecule has 0 saturated heterocycles. The van der Waals surface area contributed by atoms with Gasteiger partial charge in [0, 0.05) is 33.9 Å². The van der Waals surface area contributed by atoms with E-state index in [4.69, 9.17) is 4.98 Å². The first-order valence-electron chi connectivity index (χ1n) is 9.31. The molecule has 26 heavy (non-hydrogen) atoms. The van der Waals surface area contributed by atoms with Crippen LogP contribution in [0.3, 0.4) is 0 Å². The van der Waals surface area contributed by atoms with Crippen LogP contribution in [0.1, 0.15) is 47.5 Å². The van der Waals surface area contributed by atoms with Gasteiger partial charge in [0.1, 0.15) is 7.05 Å². The average molecular weight is 343 g/mol. The number of hydrogen-bond donors (Lipinski definition) is 0. The first kappa shape index (κ1) is 17.0. The number of hydrogen-bond acceptors (Lipinski definition) is 1. The summed E-state index contributed by atoms with van der Waals surface area (Å²) >= 11 is 0. The van der Waals surface area contributed by atoms with Gasteiger partial charge in [-0.2, -0.15) is 0 Å². The van der Waals surface area contributed by atoms with E-state index < -0.39 is 0 Å². The highest BCUT2D eigenvalue weighted by molar-refractivity contribution is 5.83. The summed E-state index contributed by atoms with van der Waals surface area (Å²) in [5.74, 6) is 0. The molecule has 0 spiro atoms. The number of fused-ring (bicyclic) bond motifs is 3. The number of pyridine rings is 2. The van der Waals surface area contributed by atoms with Gasteiger partial charge in [0.25, 0.3) is 0 Å². The monoisotopic (exact) mass is 343 g/mol. The summed E-state index contributed by atoms with van der Waals surface area (Å²) in [6.45, 7) is 13.2. The SMILES string of the molecule is Cc1ccc2c(n1)C(C)(C)c1cc(C)c(-c3cc(C)c(C)c[n+]3C)cc1-2. The lowest BCUT2D eigenvalue weighted by Crippen LogP contribution is -2.31. The average Bonchev–Trinajstić information content (AvgIpc) is 2.78. The summed E-state index contributed by atoms with van der Waals surface area (Å²) in [6, 6.07) is 11.4.